The fraction of sp³-hybridized carbons (Fsp3) is 0.167. The van der Waals surface area contributed by atoms with Gasteiger partial charge in [0.25, 0.3) is 0 Å². The lowest BCUT2D eigenvalue weighted by Crippen LogP contribution is -2.30. The first kappa shape index (κ1) is 10.0. The molecule has 1 aromatic carbocycles. The van der Waals surface area contributed by atoms with Gasteiger partial charge in [-0.1, -0.05) is 30.3 Å². The lowest BCUT2D eigenvalue weighted by molar-refractivity contribution is 0.659. The number of aromatic nitrogens is 2. The average Bonchev–Trinajstić information content (AvgIpc) is 2.76. The summed E-state index contributed by atoms with van der Waals surface area (Å²) in [5.74, 6) is 0.833. The van der Waals surface area contributed by atoms with E-state index in [-0.39, 0.29) is 6.17 Å². The number of nitrogens with one attached hydrogen (secondary N) is 1. The van der Waals surface area contributed by atoms with Crippen molar-refractivity contribution in [3.63, 3.8) is 0 Å². The van der Waals surface area contributed by atoms with E-state index in [0.29, 0.717) is 0 Å². The maximum absolute atomic E-state index is 5.87. The lowest BCUT2D eigenvalue weighted by Gasteiger charge is -2.15. The minimum absolute atomic E-state index is 0.264. The van der Waals surface area contributed by atoms with Crippen LogP contribution in [0.5, 0.6) is 0 Å². The predicted molar refractivity (Wildman–Crippen MR) is 66.0 cm³/mol. The summed E-state index contributed by atoms with van der Waals surface area (Å²) in [4.78, 5) is 8.58. The van der Waals surface area contributed by atoms with Crippen molar-refractivity contribution in [1.29, 1.82) is 0 Å². The van der Waals surface area contributed by atoms with Gasteiger partial charge in [-0.25, -0.2) is 9.98 Å². The molecule has 5 nitrogen and oxygen atoms in total. The lowest BCUT2D eigenvalue weighted by atomic mass is 10.2. The highest BCUT2D eigenvalue weighted by molar-refractivity contribution is 5.64. The van der Waals surface area contributed by atoms with Crippen molar-refractivity contribution in [2.75, 3.05) is 0 Å². The number of fused-ring (bicyclic) bond motifs is 1. The zero-order valence-electron chi connectivity index (χ0n) is 9.24. The topological polar surface area (TPSA) is 68.2 Å². The maximum Gasteiger partial charge on any atom is 0.161 e. The van der Waals surface area contributed by atoms with E-state index in [9.17, 15) is 0 Å². The van der Waals surface area contributed by atoms with Crippen LogP contribution >= 0.6 is 0 Å². The van der Waals surface area contributed by atoms with Gasteiger partial charge < -0.3 is 15.6 Å². The minimum Gasteiger partial charge on any atom is -0.356 e. The molecule has 0 bridgehead atoms. The Morgan fingerprint density at radius 3 is 2.94 bits per heavy atom. The SMILES string of the molecule is NC1NC=Nc2c1ncn2Cc1ccccc1. The molecule has 1 aliphatic heterocycles. The standard InChI is InChI=1S/C12H13N5/c13-11-10-12(15-7-14-11)17(8-16-10)6-9-4-2-1-3-5-9/h1-5,7-8,11H,6,13H2,(H,14,15). The van der Waals surface area contributed by atoms with E-state index in [1.165, 1.54) is 5.56 Å². The molecule has 3 rings (SSSR count). The molecule has 3 N–H and O–H groups in total. The number of nitrogens with two attached hydrogens (primary N) is 1. The van der Waals surface area contributed by atoms with Gasteiger partial charge in [0.1, 0.15) is 11.9 Å². The Kier molecular flexibility index (Phi) is 2.38. The van der Waals surface area contributed by atoms with Crippen molar-refractivity contribution in [1.82, 2.24) is 14.9 Å². The summed E-state index contributed by atoms with van der Waals surface area (Å²) in [6.45, 7) is 0.757. The molecule has 17 heavy (non-hydrogen) atoms. The molecule has 0 aliphatic carbocycles. The van der Waals surface area contributed by atoms with Gasteiger partial charge in [0, 0.05) is 0 Å². The summed E-state index contributed by atoms with van der Waals surface area (Å²) in [6, 6.07) is 10.2. The predicted octanol–water partition coefficient (Wildman–Crippen LogP) is 1.15. The second-order valence-electron chi connectivity index (χ2n) is 3.97. The Morgan fingerprint density at radius 1 is 1.29 bits per heavy atom. The van der Waals surface area contributed by atoms with Gasteiger partial charge in [-0.3, -0.25) is 0 Å². The third-order valence-corrected chi connectivity index (χ3v) is 2.77. The summed E-state index contributed by atoms with van der Waals surface area (Å²) < 4.78 is 2.00. The van der Waals surface area contributed by atoms with Gasteiger partial charge in [0.2, 0.25) is 0 Å². The first-order valence-electron chi connectivity index (χ1n) is 5.48. The minimum atomic E-state index is -0.264. The number of hydrogen-bond donors (Lipinski definition) is 2. The van der Waals surface area contributed by atoms with E-state index in [4.69, 9.17) is 5.73 Å². The first-order valence-corrected chi connectivity index (χ1v) is 5.48. The Labute approximate surface area is 99.0 Å². The van der Waals surface area contributed by atoms with Crippen LogP contribution in [0.4, 0.5) is 5.82 Å². The van der Waals surface area contributed by atoms with Crippen LogP contribution in [-0.2, 0) is 6.54 Å². The highest BCUT2D eigenvalue weighted by atomic mass is 15.2. The van der Waals surface area contributed by atoms with Gasteiger partial charge in [-0.15, -0.1) is 0 Å². The van der Waals surface area contributed by atoms with E-state index in [0.717, 1.165) is 18.1 Å². The molecule has 2 aromatic rings. The molecule has 0 radical (unpaired) electrons. The molecule has 0 fully saturated rings. The Hall–Kier alpha value is -2.14. The normalized spacial score (nSPS) is 17.6. The third-order valence-electron chi connectivity index (χ3n) is 2.77. The largest absolute Gasteiger partial charge is 0.356 e. The van der Waals surface area contributed by atoms with Crippen LogP contribution in [0.25, 0.3) is 0 Å². The molecular weight excluding hydrogens is 214 g/mol. The van der Waals surface area contributed by atoms with Gasteiger partial charge in [0.05, 0.1) is 19.2 Å². The Morgan fingerprint density at radius 2 is 2.12 bits per heavy atom. The number of benzene rings is 1. The average molecular weight is 227 g/mol. The molecule has 2 heterocycles. The molecule has 0 saturated heterocycles. The molecule has 0 amide bonds. The monoisotopic (exact) mass is 227 g/mol. The summed E-state index contributed by atoms with van der Waals surface area (Å²) >= 11 is 0. The van der Waals surface area contributed by atoms with Crippen LogP contribution in [0.15, 0.2) is 41.7 Å². The van der Waals surface area contributed by atoms with E-state index in [2.05, 4.69) is 27.4 Å². The van der Waals surface area contributed by atoms with Crippen molar-refractivity contribution in [2.24, 2.45) is 10.7 Å². The molecule has 1 atom stereocenters. The Balaban J connectivity index is 1.93. The van der Waals surface area contributed by atoms with E-state index >= 15 is 0 Å². The zero-order chi connectivity index (χ0) is 11.7. The van der Waals surface area contributed by atoms with Gasteiger partial charge in [0.15, 0.2) is 5.82 Å². The molecule has 1 aliphatic rings. The summed E-state index contributed by atoms with van der Waals surface area (Å²) in [5, 5.41) is 2.93. The van der Waals surface area contributed by atoms with Gasteiger partial charge in [-0.2, -0.15) is 0 Å². The number of imidazole rings is 1. The second kappa shape index (κ2) is 4.03. The fourth-order valence-electron chi connectivity index (χ4n) is 1.90. The number of rotatable bonds is 2. The highest BCUT2D eigenvalue weighted by Crippen LogP contribution is 2.24. The second-order valence-corrected chi connectivity index (χ2v) is 3.97. The molecule has 86 valence electrons. The van der Waals surface area contributed by atoms with Crippen LogP contribution in [0, 0.1) is 0 Å². The van der Waals surface area contributed by atoms with Gasteiger partial charge >= 0.3 is 0 Å². The number of nitrogens with zero attached hydrogens (tertiary/aromatic N) is 3. The maximum atomic E-state index is 5.87. The summed E-state index contributed by atoms with van der Waals surface area (Å²) in [5.41, 5.74) is 7.89. The number of aliphatic imine (C=N–C) groups is 1. The van der Waals surface area contributed by atoms with Crippen LogP contribution in [0.2, 0.25) is 0 Å². The third kappa shape index (κ3) is 1.81. The highest BCUT2D eigenvalue weighted by Gasteiger charge is 2.19. The van der Waals surface area contributed by atoms with E-state index in [1.807, 2.05) is 22.8 Å². The van der Waals surface area contributed by atoms with Crippen molar-refractivity contribution in [3.8, 4) is 0 Å². The van der Waals surface area contributed by atoms with Crippen molar-refractivity contribution in [3.05, 3.63) is 47.9 Å². The fourth-order valence-corrected chi connectivity index (χ4v) is 1.90. The molecule has 1 unspecified atom stereocenters. The molecule has 1 aromatic heterocycles. The molecule has 0 spiro atoms. The molecule has 5 heteroatoms. The summed E-state index contributed by atoms with van der Waals surface area (Å²) in [7, 11) is 0. The summed E-state index contributed by atoms with van der Waals surface area (Å²) in [6.07, 6.45) is 3.14. The van der Waals surface area contributed by atoms with Crippen molar-refractivity contribution in [2.45, 2.75) is 12.7 Å². The zero-order valence-corrected chi connectivity index (χ0v) is 9.24. The van der Waals surface area contributed by atoms with E-state index in [1.54, 1.807) is 12.7 Å². The Bertz CT molecular complexity index is 543. The van der Waals surface area contributed by atoms with Crippen LogP contribution in [0.3, 0.4) is 0 Å². The molecular formula is C12H13N5. The van der Waals surface area contributed by atoms with Crippen LogP contribution in [0.1, 0.15) is 17.4 Å². The quantitative estimate of drug-likeness (QED) is 0.808. The van der Waals surface area contributed by atoms with Crippen molar-refractivity contribution < 1.29 is 0 Å². The smallest absolute Gasteiger partial charge is 0.161 e. The van der Waals surface area contributed by atoms with Crippen molar-refractivity contribution >= 4 is 12.2 Å². The van der Waals surface area contributed by atoms with Crippen LogP contribution in [-0.4, -0.2) is 15.9 Å². The number of hydrogen-bond acceptors (Lipinski definition) is 4. The molecule has 0 saturated carbocycles. The van der Waals surface area contributed by atoms with Crippen LogP contribution < -0.4 is 11.1 Å². The first-order chi connectivity index (χ1) is 8.34. The van der Waals surface area contributed by atoms with E-state index < -0.39 is 0 Å². The van der Waals surface area contributed by atoms with Gasteiger partial charge in [-0.05, 0) is 5.56 Å².